The van der Waals surface area contributed by atoms with Gasteiger partial charge in [-0.3, -0.25) is 4.79 Å². The van der Waals surface area contributed by atoms with Crippen LogP contribution in [0.5, 0.6) is 0 Å². The molecule has 0 spiro atoms. The summed E-state index contributed by atoms with van der Waals surface area (Å²) in [6, 6.07) is 6.49. The molecule has 0 radical (unpaired) electrons. The van der Waals surface area contributed by atoms with Crippen molar-refractivity contribution in [2.75, 3.05) is 6.54 Å². The van der Waals surface area contributed by atoms with E-state index in [1.807, 2.05) is 18.7 Å². The van der Waals surface area contributed by atoms with Crippen LogP contribution < -0.4 is 0 Å². The van der Waals surface area contributed by atoms with Crippen LogP contribution in [0, 0.1) is 12.8 Å². The summed E-state index contributed by atoms with van der Waals surface area (Å²) in [5.74, 6) is 0.334. The fourth-order valence-electron chi connectivity index (χ4n) is 2.89. The number of hydrogen-bond acceptors (Lipinski definition) is 1. The summed E-state index contributed by atoms with van der Waals surface area (Å²) in [6.45, 7) is 7.62. The summed E-state index contributed by atoms with van der Waals surface area (Å²) in [6.07, 6.45) is 0.932. The zero-order chi connectivity index (χ0) is 13.6. The lowest BCUT2D eigenvalue weighted by Crippen LogP contribution is -2.38. The Hall–Kier alpha value is -1.77. The molecule has 0 saturated heterocycles. The topological polar surface area (TPSA) is 36.1 Å². The Morgan fingerprint density at radius 1 is 1.37 bits per heavy atom. The van der Waals surface area contributed by atoms with Crippen LogP contribution in [-0.2, 0) is 17.8 Å². The predicted octanol–water partition coefficient (Wildman–Crippen LogP) is 3.02. The van der Waals surface area contributed by atoms with Gasteiger partial charge in [0.25, 0.3) is 0 Å². The van der Waals surface area contributed by atoms with E-state index in [0.717, 1.165) is 19.5 Å². The Kier molecular flexibility index (Phi) is 2.85. The molecule has 0 bridgehead atoms. The highest BCUT2D eigenvalue weighted by atomic mass is 16.2. The molecule has 1 aliphatic heterocycles. The number of fused-ring (bicyclic) bond motifs is 3. The zero-order valence-corrected chi connectivity index (χ0v) is 11.8. The van der Waals surface area contributed by atoms with Crippen molar-refractivity contribution < 1.29 is 4.79 Å². The largest absolute Gasteiger partial charge is 0.358 e. The second-order valence-electron chi connectivity index (χ2n) is 5.80. The van der Waals surface area contributed by atoms with Gasteiger partial charge in [-0.1, -0.05) is 26.0 Å². The molecule has 19 heavy (non-hydrogen) atoms. The third-order valence-corrected chi connectivity index (χ3v) is 3.94. The highest BCUT2D eigenvalue weighted by Crippen LogP contribution is 2.28. The van der Waals surface area contributed by atoms with E-state index >= 15 is 0 Å². The first-order valence-electron chi connectivity index (χ1n) is 6.95. The van der Waals surface area contributed by atoms with Gasteiger partial charge in [-0.2, -0.15) is 0 Å². The van der Waals surface area contributed by atoms with Gasteiger partial charge in [-0.05, 0) is 18.6 Å². The van der Waals surface area contributed by atoms with Crippen LogP contribution in [0.4, 0.5) is 0 Å². The second kappa shape index (κ2) is 4.41. The van der Waals surface area contributed by atoms with Crippen LogP contribution in [0.1, 0.15) is 30.7 Å². The molecule has 3 nitrogen and oxygen atoms in total. The number of benzene rings is 1. The Morgan fingerprint density at radius 3 is 2.89 bits per heavy atom. The molecule has 0 unspecified atom stereocenters. The van der Waals surface area contributed by atoms with Gasteiger partial charge < -0.3 is 9.88 Å². The number of carbonyl (C=O) groups is 1. The minimum absolute atomic E-state index is 0.0778. The van der Waals surface area contributed by atoms with Crippen LogP contribution >= 0.6 is 0 Å². The van der Waals surface area contributed by atoms with Crippen molar-refractivity contribution >= 4 is 16.8 Å². The van der Waals surface area contributed by atoms with E-state index < -0.39 is 0 Å². The van der Waals surface area contributed by atoms with Crippen molar-refractivity contribution in [3.63, 3.8) is 0 Å². The van der Waals surface area contributed by atoms with Gasteiger partial charge in [0.15, 0.2) is 0 Å². The summed E-state index contributed by atoms with van der Waals surface area (Å²) in [4.78, 5) is 17.6. The van der Waals surface area contributed by atoms with Gasteiger partial charge in [0.05, 0.1) is 0 Å². The molecule has 1 aromatic heterocycles. The SMILES string of the molecule is Cc1ccc2c3c([nH]c2c1)CCN(C(=O)C(C)C)C3. The number of rotatable bonds is 1. The fourth-order valence-corrected chi connectivity index (χ4v) is 2.89. The Morgan fingerprint density at radius 2 is 2.16 bits per heavy atom. The van der Waals surface area contributed by atoms with Crippen molar-refractivity contribution in [1.82, 2.24) is 9.88 Å². The second-order valence-corrected chi connectivity index (χ2v) is 5.80. The first kappa shape index (κ1) is 12.3. The lowest BCUT2D eigenvalue weighted by molar-refractivity contribution is -0.135. The minimum atomic E-state index is 0.0778. The molecule has 3 rings (SSSR count). The maximum absolute atomic E-state index is 12.1. The quantitative estimate of drug-likeness (QED) is 0.836. The molecule has 1 aromatic carbocycles. The number of carbonyl (C=O) groups excluding carboxylic acids is 1. The van der Waals surface area contributed by atoms with E-state index in [9.17, 15) is 4.79 Å². The fraction of sp³-hybridized carbons (Fsp3) is 0.438. The highest BCUT2D eigenvalue weighted by Gasteiger charge is 2.25. The third kappa shape index (κ3) is 2.03. The molecule has 100 valence electrons. The van der Waals surface area contributed by atoms with Crippen molar-refractivity contribution in [2.45, 2.75) is 33.7 Å². The van der Waals surface area contributed by atoms with E-state index in [1.54, 1.807) is 0 Å². The van der Waals surface area contributed by atoms with Gasteiger partial charge in [0.1, 0.15) is 0 Å². The third-order valence-electron chi connectivity index (χ3n) is 3.94. The lowest BCUT2D eigenvalue weighted by atomic mass is 10.0. The van der Waals surface area contributed by atoms with E-state index in [-0.39, 0.29) is 11.8 Å². The molecule has 1 N–H and O–H groups in total. The number of aromatic nitrogens is 1. The van der Waals surface area contributed by atoms with Gasteiger partial charge in [0.2, 0.25) is 5.91 Å². The average molecular weight is 256 g/mol. The maximum Gasteiger partial charge on any atom is 0.225 e. The Balaban J connectivity index is 2.00. The molecule has 2 heterocycles. The average Bonchev–Trinajstić information content (AvgIpc) is 2.73. The van der Waals surface area contributed by atoms with E-state index in [4.69, 9.17) is 0 Å². The summed E-state index contributed by atoms with van der Waals surface area (Å²) in [5.41, 5.74) is 5.06. The number of hydrogen-bond donors (Lipinski definition) is 1. The first-order valence-corrected chi connectivity index (χ1v) is 6.95. The van der Waals surface area contributed by atoms with Gasteiger partial charge in [-0.15, -0.1) is 0 Å². The molecule has 3 heteroatoms. The standard InChI is InChI=1S/C16H20N2O/c1-10(2)16(19)18-7-6-14-13(9-18)12-5-4-11(3)8-15(12)17-14/h4-5,8,10,17H,6-7,9H2,1-3H3. The Labute approximate surface area is 113 Å². The van der Waals surface area contributed by atoms with Crippen LogP contribution in [0.25, 0.3) is 10.9 Å². The van der Waals surface area contributed by atoms with Crippen LogP contribution in [0.2, 0.25) is 0 Å². The van der Waals surface area contributed by atoms with E-state index in [2.05, 4.69) is 30.1 Å². The molecule has 1 aliphatic rings. The number of nitrogens with zero attached hydrogens (tertiary/aromatic N) is 1. The van der Waals surface area contributed by atoms with Crippen molar-refractivity contribution in [3.05, 3.63) is 35.0 Å². The molecule has 0 fully saturated rings. The predicted molar refractivity (Wildman–Crippen MR) is 77.0 cm³/mol. The molecule has 0 saturated carbocycles. The van der Waals surface area contributed by atoms with Gasteiger partial charge >= 0.3 is 0 Å². The van der Waals surface area contributed by atoms with Crippen LogP contribution in [0.15, 0.2) is 18.2 Å². The monoisotopic (exact) mass is 256 g/mol. The molecular weight excluding hydrogens is 236 g/mol. The van der Waals surface area contributed by atoms with E-state index in [1.165, 1.54) is 27.7 Å². The minimum Gasteiger partial charge on any atom is -0.358 e. The van der Waals surface area contributed by atoms with Crippen molar-refractivity contribution in [2.24, 2.45) is 5.92 Å². The van der Waals surface area contributed by atoms with Gasteiger partial charge in [-0.25, -0.2) is 0 Å². The summed E-state index contributed by atoms with van der Waals surface area (Å²) in [7, 11) is 0. The number of aromatic amines is 1. The number of amides is 1. The molecule has 2 aromatic rings. The van der Waals surface area contributed by atoms with Crippen molar-refractivity contribution in [1.29, 1.82) is 0 Å². The van der Waals surface area contributed by atoms with Crippen molar-refractivity contribution in [3.8, 4) is 0 Å². The lowest BCUT2D eigenvalue weighted by Gasteiger charge is -2.28. The summed E-state index contributed by atoms with van der Waals surface area (Å²) >= 11 is 0. The molecule has 0 atom stereocenters. The number of nitrogens with one attached hydrogen (secondary N) is 1. The number of aryl methyl sites for hydroxylation is 1. The smallest absolute Gasteiger partial charge is 0.225 e. The molecule has 1 amide bonds. The van der Waals surface area contributed by atoms with Gasteiger partial charge in [0, 0.05) is 47.6 Å². The maximum atomic E-state index is 12.1. The Bertz CT molecular complexity index is 639. The zero-order valence-electron chi connectivity index (χ0n) is 11.8. The molecule has 0 aliphatic carbocycles. The number of H-pyrrole nitrogens is 1. The first-order chi connectivity index (χ1) is 9.06. The summed E-state index contributed by atoms with van der Waals surface area (Å²) in [5, 5.41) is 1.27. The highest BCUT2D eigenvalue weighted by molar-refractivity contribution is 5.86. The van der Waals surface area contributed by atoms with E-state index in [0.29, 0.717) is 0 Å². The normalized spacial score (nSPS) is 15.1. The van der Waals surface area contributed by atoms with Crippen LogP contribution in [-0.4, -0.2) is 22.3 Å². The molecular formula is C16H20N2O. The van der Waals surface area contributed by atoms with Crippen LogP contribution in [0.3, 0.4) is 0 Å². The summed E-state index contributed by atoms with van der Waals surface area (Å²) < 4.78 is 0.